The number of hydrogen-bond acceptors (Lipinski definition) is 2. The van der Waals surface area contributed by atoms with Crippen LogP contribution < -0.4 is 5.32 Å². The van der Waals surface area contributed by atoms with Crippen molar-refractivity contribution in [2.24, 2.45) is 10.9 Å². The summed E-state index contributed by atoms with van der Waals surface area (Å²) in [5.41, 5.74) is 1.42. The van der Waals surface area contributed by atoms with Crippen molar-refractivity contribution in [3.05, 3.63) is 36.0 Å². The SMILES string of the molecule is CNCC1=CC=NC2C=CC=CC12. The Morgan fingerprint density at radius 1 is 1.38 bits per heavy atom. The highest BCUT2D eigenvalue weighted by Gasteiger charge is 2.22. The van der Waals surface area contributed by atoms with Crippen molar-refractivity contribution < 1.29 is 0 Å². The smallest absolute Gasteiger partial charge is 0.0783 e. The molecule has 1 aliphatic heterocycles. The van der Waals surface area contributed by atoms with Crippen molar-refractivity contribution in [2.75, 3.05) is 13.6 Å². The molecule has 13 heavy (non-hydrogen) atoms. The van der Waals surface area contributed by atoms with Crippen LogP contribution in [0.4, 0.5) is 0 Å². The molecule has 0 saturated heterocycles. The van der Waals surface area contributed by atoms with Crippen LogP contribution in [0.3, 0.4) is 0 Å². The highest BCUT2D eigenvalue weighted by Crippen LogP contribution is 2.25. The van der Waals surface area contributed by atoms with Gasteiger partial charge in [0.05, 0.1) is 6.04 Å². The van der Waals surface area contributed by atoms with E-state index in [-0.39, 0.29) is 0 Å². The average molecular weight is 174 g/mol. The van der Waals surface area contributed by atoms with E-state index in [9.17, 15) is 0 Å². The van der Waals surface area contributed by atoms with Crippen molar-refractivity contribution in [1.29, 1.82) is 0 Å². The molecular weight excluding hydrogens is 160 g/mol. The molecule has 2 aliphatic rings. The molecule has 0 aromatic rings. The Balaban J connectivity index is 2.19. The topological polar surface area (TPSA) is 24.4 Å². The van der Waals surface area contributed by atoms with Gasteiger partial charge in [-0.1, -0.05) is 24.3 Å². The standard InChI is InChI=1S/C11H14N2/c1-12-8-9-6-7-13-11-5-3-2-4-10(9)11/h2-7,10-12H,8H2,1H3. The van der Waals surface area contributed by atoms with Gasteiger partial charge in [0, 0.05) is 18.7 Å². The van der Waals surface area contributed by atoms with E-state index in [0.29, 0.717) is 12.0 Å². The van der Waals surface area contributed by atoms with Gasteiger partial charge in [0.25, 0.3) is 0 Å². The minimum absolute atomic E-state index is 0.332. The maximum absolute atomic E-state index is 4.42. The molecule has 1 aliphatic carbocycles. The zero-order valence-corrected chi connectivity index (χ0v) is 7.77. The van der Waals surface area contributed by atoms with E-state index in [1.54, 1.807) is 0 Å². The third kappa shape index (κ3) is 1.63. The quantitative estimate of drug-likeness (QED) is 0.671. The summed E-state index contributed by atoms with van der Waals surface area (Å²) in [6, 6.07) is 0.332. The third-order valence-electron chi connectivity index (χ3n) is 2.46. The lowest BCUT2D eigenvalue weighted by molar-refractivity contribution is 0.620. The van der Waals surface area contributed by atoms with Gasteiger partial charge in [-0.25, -0.2) is 0 Å². The van der Waals surface area contributed by atoms with Crippen LogP contribution >= 0.6 is 0 Å². The van der Waals surface area contributed by atoms with Gasteiger partial charge in [0.2, 0.25) is 0 Å². The Morgan fingerprint density at radius 2 is 2.23 bits per heavy atom. The van der Waals surface area contributed by atoms with Crippen LogP contribution in [0.1, 0.15) is 0 Å². The van der Waals surface area contributed by atoms with Crippen molar-refractivity contribution in [2.45, 2.75) is 6.04 Å². The van der Waals surface area contributed by atoms with Crippen molar-refractivity contribution in [1.82, 2.24) is 5.32 Å². The number of aliphatic imine (C=N–C) groups is 1. The van der Waals surface area contributed by atoms with Crippen LogP contribution in [0.2, 0.25) is 0 Å². The van der Waals surface area contributed by atoms with Gasteiger partial charge < -0.3 is 5.32 Å². The Hall–Kier alpha value is -1.15. The lowest BCUT2D eigenvalue weighted by Crippen LogP contribution is -2.26. The average Bonchev–Trinajstić information content (AvgIpc) is 2.19. The Morgan fingerprint density at radius 3 is 3.08 bits per heavy atom. The third-order valence-corrected chi connectivity index (χ3v) is 2.46. The Bertz CT molecular complexity index is 297. The first kappa shape index (κ1) is 8.45. The van der Waals surface area contributed by atoms with E-state index < -0.39 is 0 Å². The molecule has 2 unspecified atom stereocenters. The number of fused-ring (bicyclic) bond motifs is 1. The van der Waals surface area contributed by atoms with Gasteiger partial charge in [-0.3, -0.25) is 4.99 Å². The Labute approximate surface area is 78.8 Å². The van der Waals surface area contributed by atoms with Crippen LogP contribution in [0.5, 0.6) is 0 Å². The normalized spacial score (nSPS) is 30.1. The molecule has 1 N–H and O–H groups in total. The molecule has 2 atom stereocenters. The maximum atomic E-state index is 4.42. The summed E-state index contributed by atoms with van der Waals surface area (Å²) in [5.74, 6) is 0.474. The van der Waals surface area contributed by atoms with E-state index in [1.165, 1.54) is 5.57 Å². The van der Waals surface area contributed by atoms with E-state index >= 15 is 0 Å². The summed E-state index contributed by atoms with van der Waals surface area (Å²) in [6.07, 6.45) is 12.6. The fourth-order valence-corrected chi connectivity index (χ4v) is 1.81. The number of nitrogens with zero attached hydrogens (tertiary/aromatic N) is 1. The monoisotopic (exact) mass is 174 g/mol. The predicted octanol–water partition coefficient (Wildman–Crippen LogP) is 1.33. The van der Waals surface area contributed by atoms with Crippen molar-refractivity contribution >= 4 is 6.21 Å². The van der Waals surface area contributed by atoms with Crippen molar-refractivity contribution in [3.63, 3.8) is 0 Å². The lowest BCUT2D eigenvalue weighted by atomic mass is 9.86. The van der Waals surface area contributed by atoms with Crippen LogP contribution in [-0.4, -0.2) is 25.8 Å². The van der Waals surface area contributed by atoms with Crippen LogP contribution in [-0.2, 0) is 0 Å². The maximum Gasteiger partial charge on any atom is 0.0783 e. The van der Waals surface area contributed by atoms with E-state index in [1.807, 2.05) is 13.3 Å². The number of dihydropyridines is 1. The van der Waals surface area contributed by atoms with E-state index in [4.69, 9.17) is 0 Å². The second kappa shape index (κ2) is 3.71. The molecule has 0 spiro atoms. The van der Waals surface area contributed by atoms with Gasteiger partial charge in [-0.05, 0) is 18.7 Å². The highest BCUT2D eigenvalue weighted by atomic mass is 14.8. The number of nitrogens with one attached hydrogen (secondary N) is 1. The summed E-state index contributed by atoms with van der Waals surface area (Å²) in [7, 11) is 1.98. The fraction of sp³-hybridized carbons (Fsp3) is 0.364. The molecule has 1 heterocycles. The number of hydrogen-bond donors (Lipinski definition) is 1. The molecule has 0 aromatic carbocycles. The fourth-order valence-electron chi connectivity index (χ4n) is 1.81. The summed E-state index contributed by atoms with van der Waals surface area (Å²) < 4.78 is 0. The predicted molar refractivity (Wildman–Crippen MR) is 56.1 cm³/mol. The number of likely N-dealkylation sites (N-methyl/N-ethyl adjacent to an activating group) is 1. The molecule has 0 aromatic heterocycles. The molecule has 68 valence electrons. The first-order valence-electron chi connectivity index (χ1n) is 4.63. The van der Waals surface area contributed by atoms with Crippen LogP contribution in [0.15, 0.2) is 40.9 Å². The summed E-state index contributed by atoms with van der Waals surface area (Å²) in [5, 5.41) is 3.18. The molecule has 2 nitrogen and oxygen atoms in total. The summed E-state index contributed by atoms with van der Waals surface area (Å²) in [4.78, 5) is 4.42. The summed E-state index contributed by atoms with van der Waals surface area (Å²) in [6.45, 7) is 0.950. The van der Waals surface area contributed by atoms with Gasteiger partial charge in [0.1, 0.15) is 0 Å². The largest absolute Gasteiger partial charge is 0.316 e. The zero-order valence-electron chi connectivity index (χ0n) is 7.77. The minimum Gasteiger partial charge on any atom is -0.316 e. The van der Waals surface area contributed by atoms with Crippen LogP contribution in [0, 0.1) is 5.92 Å². The number of rotatable bonds is 2. The highest BCUT2D eigenvalue weighted by molar-refractivity contribution is 5.74. The van der Waals surface area contributed by atoms with Gasteiger partial charge in [-0.15, -0.1) is 0 Å². The first-order chi connectivity index (χ1) is 6.42. The van der Waals surface area contributed by atoms with Crippen molar-refractivity contribution in [3.8, 4) is 0 Å². The second-order valence-corrected chi connectivity index (χ2v) is 3.36. The summed E-state index contributed by atoms with van der Waals surface area (Å²) >= 11 is 0. The van der Waals surface area contributed by atoms with E-state index in [0.717, 1.165) is 6.54 Å². The molecule has 0 bridgehead atoms. The molecule has 2 rings (SSSR count). The van der Waals surface area contributed by atoms with Gasteiger partial charge in [-0.2, -0.15) is 0 Å². The minimum atomic E-state index is 0.332. The molecule has 0 amide bonds. The first-order valence-corrected chi connectivity index (χ1v) is 4.63. The molecule has 0 saturated carbocycles. The van der Waals surface area contributed by atoms with E-state index in [2.05, 4.69) is 40.7 Å². The second-order valence-electron chi connectivity index (χ2n) is 3.36. The Kier molecular flexibility index (Phi) is 2.41. The number of allylic oxidation sites excluding steroid dienone is 3. The zero-order chi connectivity index (χ0) is 9.10. The molecule has 0 radical (unpaired) electrons. The molecular formula is C11H14N2. The van der Waals surface area contributed by atoms with Crippen LogP contribution in [0.25, 0.3) is 0 Å². The lowest BCUT2D eigenvalue weighted by Gasteiger charge is -2.26. The van der Waals surface area contributed by atoms with Gasteiger partial charge in [0.15, 0.2) is 0 Å². The molecule has 0 fully saturated rings. The molecule has 2 heteroatoms. The van der Waals surface area contributed by atoms with Gasteiger partial charge >= 0.3 is 0 Å².